The quantitative estimate of drug-likeness (QED) is 0.838. The van der Waals surface area contributed by atoms with Gasteiger partial charge in [-0.05, 0) is 40.0 Å². The molecule has 0 bridgehead atoms. The molecule has 1 aliphatic heterocycles. The van der Waals surface area contributed by atoms with Crippen molar-refractivity contribution in [1.29, 1.82) is 0 Å². The molecule has 0 atom stereocenters. The van der Waals surface area contributed by atoms with E-state index in [1.165, 1.54) is 5.56 Å². The van der Waals surface area contributed by atoms with Gasteiger partial charge in [-0.25, -0.2) is 14.6 Å². The zero-order valence-corrected chi connectivity index (χ0v) is 16.6. The van der Waals surface area contributed by atoms with Gasteiger partial charge < -0.3 is 10.2 Å². The molecule has 2 aromatic heterocycles. The Labute approximate surface area is 160 Å². The summed E-state index contributed by atoms with van der Waals surface area (Å²) in [6.07, 6.45) is 7.69. The Morgan fingerprint density at radius 1 is 1.33 bits per heavy atom. The minimum Gasteiger partial charge on any atom is -0.356 e. The van der Waals surface area contributed by atoms with Gasteiger partial charge in [0.15, 0.2) is 5.69 Å². The molecule has 1 aliphatic rings. The van der Waals surface area contributed by atoms with Crippen LogP contribution in [0.25, 0.3) is 0 Å². The standard InChI is InChI=1S/C19H29N7O/c1-5-6-15-11-20-14(4)22-18(15)25-9-7-16(8-10-25)26-12-17(23-24-26)19(27)21-13(2)3/h11-13,16H,5-10H2,1-4H3,(H,21,27). The van der Waals surface area contributed by atoms with E-state index in [2.05, 4.69) is 32.4 Å². The van der Waals surface area contributed by atoms with E-state index in [-0.39, 0.29) is 18.0 Å². The van der Waals surface area contributed by atoms with E-state index in [4.69, 9.17) is 4.98 Å². The second kappa shape index (κ2) is 8.45. The topological polar surface area (TPSA) is 88.8 Å². The van der Waals surface area contributed by atoms with Crippen LogP contribution in [0.15, 0.2) is 12.4 Å². The molecule has 3 heterocycles. The molecule has 27 heavy (non-hydrogen) atoms. The zero-order chi connectivity index (χ0) is 19.4. The molecule has 3 rings (SSSR count). The van der Waals surface area contributed by atoms with Crippen LogP contribution < -0.4 is 10.2 Å². The first-order valence-electron chi connectivity index (χ1n) is 9.78. The smallest absolute Gasteiger partial charge is 0.273 e. The number of hydrogen-bond donors (Lipinski definition) is 1. The SMILES string of the molecule is CCCc1cnc(C)nc1N1CCC(n2cc(C(=O)NC(C)C)nn2)CC1. The lowest BCUT2D eigenvalue weighted by Crippen LogP contribution is -2.36. The highest BCUT2D eigenvalue weighted by atomic mass is 16.2. The summed E-state index contributed by atoms with van der Waals surface area (Å²) < 4.78 is 1.84. The Kier molecular flexibility index (Phi) is 6.03. The summed E-state index contributed by atoms with van der Waals surface area (Å²) in [5.74, 6) is 1.71. The third-order valence-corrected chi connectivity index (χ3v) is 4.78. The summed E-state index contributed by atoms with van der Waals surface area (Å²) in [4.78, 5) is 23.5. The number of aryl methyl sites for hydroxylation is 2. The van der Waals surface area contributed by atoms with Gasteiger partial charge in [0.05, 0.1) is 12.2 Å². The fourth-order valence-electron chi connectivity index (χ4n) is 3.44. The molecule has 1 amide bonds. The van der Waals surface area contributed by atoms with Gasteiger partial charge in [-0.15, -0.1) is 5.10 Å². The number of anilines is 1. The molecule has 1 N–H and O–H groups in total. The van der Waals surface area contributed by atoms with Crippen LogP contribution in [0.4, 0.5) is 5.82 Å². The maximum absolute atomic E-state index is 12.1. The highest BCUT2D eigenvalue weighted by Gasteiger charge is 2.25. The first kappa shape index (κ1) is 19.3. The summed E-state index contributed by atoms with van der Waals surface area (Å²) in [6, 6.07) is 0.339. The van der Waals surface area contributed by atoms with E-state index in [0.717, 1.165) is 50.4 Å². The third kappa shape index (κ3) is 4.61. The van der Waals surface area contributed by atoms with Crippen molar-refractivity contribution < 1.29 is 4.79 Å². The predicted molar refractivity (Wildman–Crippen MR) is 104 cm³/mol. The molecule has 0 unspecified atom stereocenters. The molecule has 1 saturated heterocycles. The van der Waals surface area contributed by atoms with Gasteiger partial charge in [-0.3, -0.25) is 4.79 Å². The fourth-order valence-corrected chi connectivity index (χ4v) is 3.44. The highest BCUT2D eigenvalue weighted by molar-refractivity contribution is 5.91. The van der Waals surface area contributed by atoms with E-state index < -0.39 is 0 Å². The summed E-state index contributed by atoms with van der Waals surface area (Å²) in [6.45, 7) is 9.79. The maximum Gasteiger partial charge on any atom is 0.273 e. The van der Waals surface area contributed by atoms with Crippen LogP contribution in [0.2, 0.25) is 0 Å². The minimum absolute atomic E-state index is 0.0829. The Morgan fingerprint density at radius 3 is 2.74 bits per heavy atom. The average molecular weight is 371 g/mol. The van der Waals surface area contributed by atoms with Crippen molar-refractivity contribution in [1.82, 2.24) is 30.3 Å². The first-order valence-corrected chi connectivity index (χ1v) is 9.78. The number of amides is 1. The Balaban J connectivity index is 1.65. The van der Waals surface area contributed by atoms with Crippen molar-refractivity contribution in [2.45, 2.75) is 65.5 Å². The van der Waals surface area contributed by atoms with E-state index in [1.54, 1.807) is 6.20 Å². The van der Waals surface area contributed by atoms with Gasteiger partial charge in [0.2, 0.25) is 0 Å². The van der Waals surface area contributed by atoms with Crippen LogP contribution in [0.5, 0.6) is 0 Å². The normalized spacial score (nSPS) is 15.4. The number of piperidine rings is 1. The van der Waals surface area contributed by atoms with Crippen LogP contribution in [-0.2, 0) is 6.42 Å². The molecule has 146 valence electrons. The number of carbonyl (C=O) groups excluding carboxylic acids is 1. The fraction of sp³-hybridized carbons (Fsp3) is 0.632. The summed E-state index contributed by atoms with van der Waals surface area (Å²) >= 11 is 0. The Bertz CT molecular complexity index is 778. The van der Waals surface area contributed by atoms with Gasteiger partial charge >= 0.3 is 0 Å². The zero-order valence-electron chi connectivity index (χ0n) is 16.6. The van der Waals surface area contributed by atoms with Gasteiger partial charge in [-0.1, -0.05) is 18.6 Å². The van der Waals surface area contributed by atoms with Crippen molar-refractivity contribution in [3.05, 3.63) is 29.5 Å². The van der Waals surface area contributed by atoms with E-state index in [0.29, 0.717) is 5.69 Å². The second-order valence-electron chi connectivity index (χ2n) is 7.45. The molecule has 8 heteroatoms. The van der Waals surface area contributed by atoms with Crippen LogP contribution in [-0.4, -0.2) is 50.0 Å². The number of nitrogens with zero attached hydrogens (tertiary/aromatic N) is 6. The van der Waals surface area contributed by atoms with Crippen LogP contribution >= 0.6 is 0 Å². The van der Waals surface area contributed by atoms with Crippen LogP contribution in [0, 0.1) is 6.92 Å². The number of carbonyl (C=O) groups is 1. The molecule has 0 saturated carbocycles. The third-order valence-electron chi connectivity index (χ3n) is 4.78. The molecule has 0 aliphatic carbocycles. The molecular weight excluding hydrogens is 342 g/mol. The van der Waals surface area contributed by atoms with Crippen molar-refractivity contribution in [3.63, 3.8) is 0 Å². The van der Waals surface area contributed by atoms with Gasteiger partial charge in [0.1, 0.15) is 11.6 Å². The molecule has 0 aromatic carbocycles. The lowest BCUT2D eigenvalue weighted by molar-refractivity contribution is 0.0938. The van der Waals surface area contributed by atoms with Crippen molar-refractivity contribution >= 4 is 11.7 Å². The summed E-state index contributed by atoms with van der Waals surface area (Å²) in [5, 5.41) is 11.1. The van der Waals surface area contributed by atoms with Crippen molar-refractivity contribution in [2.75, 3.05) is 18.0 Å². The van der Waals surface area contributed by atoms with Crippen LogP contribution in [0.3, 0.4) is 0 Å². The van der Waals surface area contributed by atoms with Crippen molar-refractivity contribution in [2.24, 2.45) is 0 Å². The first-order chi connectivity index (χ1) is 13.0. The number of rotatable bonds is 6. The van der Waals surface area contributed by atoms with E-state index >= 15 is 0 Å². The summed E-state index contributed by atoms with van der Waals surface area (Å²) in [7, 11) is 0. The largest absolute Gasteiger partial charge is 0.356 e. The lowest BCUT2D eigenvalue weighted by atomic mass is 10.0. The molecule has 0 spiro atoms. The second-order valence-corrected chi connectivity index (χ2v) is 7.45. The van der Waals surface area contributed by atoms with Crippen molar-refractivity contribution in [3.8, 4) is 0 Å². The van der Waals surface area contributed by atoms with Gasteiger partial charge in [0, 0.05) is 30.9 Å². The summed E-state index contributed by atoms with van der Waals surface area (Å²) in [5.41, 5.74) is 1.60. The van der Waals surface area contributed by atoms with E-state index in [9.17, 15) is 4.79 Å². The predicted octanol–water partition coefficient (Wildman–Crippen LogP) is 2.31. The minimum atomic E-state index is -0.172. The number of hydrogen-bond acceptors (Lipinski definition) is 6. The lowest BCUT2D eigenvalue weighted by Gasteiger charge is -2.33. The Hall–Kier alpha value is -2.51. The molecule has 1 fully saturated rings. The molecule has 0 radical (unpaired) electrons. The molecule has 8 nitrogen and oxygen atoms in total. The molecule has 2 aromatic rings. The van der Waals surface area contributed by atoms with Gasteiger partial charge in [-0.2, -0.15) is 0 Å². The average Bonchev–Trinajstić information content (AvgIpc) is 3.13. The van der Waals surface area contributed by atoms with Gasteiger partial charge in [0.25, 0.3) is 5.91 Å². The number of aromatic nitrogens is 5. The van der Waals surface area contributed by atoms with Crippen LogP contribution in [0.1, 0.15) is 68.0 Å². The maximum atomic E-state index is 12.1. The van der Waals surface area contributed by atoms with E-state index in [1.807, 2.05) is 31.6 Å². The monoisotopic (exact) mass is 371 g/mol. The Morgan fingerprint density at radius 2 is 2.07 bits per heavy atom. The number of nitrogens with one attached hydrogen (secondary N) is 1. The molecular formula is C19H29N7O. The highest BCUT2D eigenvalue weighted by Crippen LogP contribution is 2.27.